The molecule has 2 amide bonds. The van der Waals surface area contributed by atoms with Gasteiger partial charge in [-0.3, -0.25) is 9.59 Å². The highest BCUT2D eigenvalue weighted by molar-refractivity contribution is 7.91. The van der Waals surface area contributed by atoms with Gasteiger partial charge in [-0.15, -0.1) is 0 Å². The van der Waals surface area contributed by atoms with Crippen molar-refractivity contribution in [3.8, 4) is 5.88 Å². The fourth-order valence-electron chi connectivity index (χ4n) is 3.09. The van der Waals surface area contributed by atoms with Gasteiger partial charge >= 0.3 is 0 Å². The monoisotopic (exact) mass is 394 g/mol. The average Bonchev–Trinajstić information content (AvgIpc) is 3.01. The standard InChI is InChI=1S/C17H22N4O5S/c1-2-26-17-12(4-3-8-18-17)10-19-16(23)14-5-6-15(22)21(20-14)13-7-9-27(24,25)11-13/h3-4,8,13H,2,5-7,9-11H2,1H3,(H,19,23). The Morgan fingerprint density at radius 2 is 2.22 bits per heavy atom. The zero-order chi connectivity index (χ0) is 19.4. The molecule has 9 nitrogen and oxygen atoms in total. The van der Waals surface area contributed by atoms with Crippen LogP contribution in [0, 0.1) is 0 Å². The number of carbonyl (C=O) groups excluding carboxylic acids is 2. The first-order chi connectivity index (χ1) is 12.9. The van der Waals surface area contributed by atoms with Gasteiger partial charge < -0.3 is 10.1 Å². The molecule has 1 aromatic heterocycles. The van der Waals surface area contributed by atoms with Crippen molar-refractivity contribution in [3.63, 3.8) is 0 Å². The predicted molar refractivity (Wildman–Crippen MR) is 97.8 cm³/mol. The molecular weight excluding hydrogens is 372 g/mol. The third-order valence-corrected chi connectivity index (χ3v) is 6.20. The van der Waals surface area contributed by atoms with E-state index in [1.807, 2.05) is 6.92 Å². The Bertz CT molecular complexity index is 868. The van der Waals surface area contributed by atoms with Crippen molar-refractivity contribution in [2.75, 3.05) is 18.1 Å². The van der Waals surface area contributed by atoms with Gasteiger partial charge in [0.2, 0.25) is 11.8 Å². The number of aromatic nitrogens is 1. The van der Waals surface area contributed by atoms with Crippen LogP contribution in [-0.4, -0.2) is 60.1 Å². The first-order valence-electron chi connectivity index (χ1n) is 8.84. The van der Waals surface area contributed by atoms with Gasteiger partial charge in [0.1, 0.15) is 5.71 Å². The molecule has 2 aliphatic rings. The molecule has 10 heteroatoms. The molecular formula is C17H22N4O5S. The van der Waals surface area contributed by atoms with Gasteiger partial charge in [0.25, 0.3) is 5.91 Å². The van der Waals surface area contributed by atoms with Crippen molar-refractivity contribution in [1.29, 1.82) is 0 Å². The number of hydrogen-bond acceptors (Lipinski definition) is 7. The Hall–Kier alpha value is -2.49. The van der Waals surface area contributed by atoms with Gasteiger partial charge in [-0.25, -0.2) is 18.4 Å². The van der Waals surface area contributed by atoms with Gasteiger partial charge in [-0.05, 0) is 19.4 Å². The van der Waals surface area contributed by atoms with Crippen LogP contribution >= 0.6 is 0 Å². The molecule has 0 bridgehead atoms. The van der Waals surface area contributed by atoms with E-state index in [1.54, 1.807) is 18.3 Å². The minimum atomic E-state index is -3.15. The van der Waals surface area contributed by atoms with E-state index < -0.39 is 15.9 Å². The van der Waals surface area contributed by atoms with Gasteiger partial charge in [-0.2, -0.15) is 5.10 Å². The number of carbonyl (C=O) groups is 2. The molecule has 0 radical (unpaired) electrons. The molecule has 1 aromatic rings. The highest BCUT2D eigenvalue weighted by Gasteiger charge is 2.37. The van der Waals surface area contributed by atoms with E-state index in [0.717, 1.165) is 5.56 Å². The molecule has 0 aliphatic carbocycles. The normalized spacial score (nSPS) is 21.7. The molecule has 1 saturated heterocycles. The Labute approximate surface area is 157 Å². The first-order valence-corrected chi connectivity index (χ1v) is 10.7. The minimum Gasteiger partial charge on any atom is -0.478 e. The number of ether oxygens (including phenoxy) is 1. The van der Waals surface area contributed by atoms with Gasteiger partial charge in [0.15, 0.2) is 9.84 Å². The van der Waals surface area contributed by atoms with Crippen LogP contribution in [0.4, 0.5) is 0 Å². The molecule has 1 N–H and O–H groups in total. The Kier molecular flexibility index (Phi) is 5.73. The minimum absolute atomic E-state index is 0.0414. The lowest BCUT2D eigenvalue weighted by Crippen LogP contribution is -2.43. The molecule has 0 spiro atoms. The quantitative estimate of drug-likeness (QED) is 0.740. The first kappa shape index (κ1) is 19.3. The van der Waals surface area contributed by atoms with Crippen LogP contribution in [-0.2, 0) is 26.0 Å². The van der Waals surface area contributed by atoms with Gasteiger partial charge in [0, 0.05) is 31.1 Å². The van der Waals surface area contributed by atoms with Gasteiger partial charge in [0.05, 0.1) is 24.2 Å². The number of sulfone groups is 1. The molecule has 3 heterocycles. The molecule has 1 atom stereocenters. The zero-order valence-corrected chi connectivity index (χ0v) is 15.9. The van der Waals surface area contributed by atoms with Crippen LogP contribution in [0.15, 0.2) is 23.4 Å². The van der Waals surface area contributed by atoms with Crippen molar-refractivity contribution in [3.05, 3.63) is 23.9 Å². The van der Waals surface area contributed by atoms with E-state index in [0.29, 0.717) is 18.9 Å². The van der Waals surface area contributed by atoms with E-state index in [4.69, 9.17) is 4.74 Å². The SMILES string of the molecule is CCOc1ncccc1CNC(=O)C1=NN(C2CCS(=O)(=O)C2)C(=O)CC1. The number of hydrazone groups is 1. The van der Waals surface area contributed by atoms with Crippen LogP contribution in [0.2, 0.25) is 0 Å². The second-order valence-corrected chi connectivity index (χ2v) is 8.65. The maximum atomic E-state index is 12.5. The largest absolute Gasteiger partial charge is 0.478 e. The molecule has 2 aliphatic heterocycles. The summed E-state index contributed by atoms with van der Waals surface area (Å²) in [5.74, 6) is -0.248. The summed E-state index contributed by atoms with van der Waals surface area (Å²) < 4.78 is 28.8. The third kappa shape index (κ3) is 4.62. The second kappa shape index (κ2) is 8.03. The summed E-state index contributed by atoms with van der Waals surface area (Å²) in [5, 5.41) is 8.10. The number of nitrogens with one attached hydrogen (secondary N) is 1. The number of hydrogen-bond donors (Lipinski definition) is 1. The van der Waals surface area contributed by atoms with E-state index in [-0.39, 0.29) is 48.4 Å². The lowest BCUT2D eigenvalue weighted by molar-refractivity contribution is -0.133. The topological polar surface area (TPSA) is 118 Å². The number of rotatable bonds is 6. The maximum absolute atomic E-state index is 12.5. The lowest BCUT2D eigenvalue weighted by atomic mass is 10.1. The molecule has 0 saturated carbocycles. The Morgan fingerprint density at radius 3 is 2.93 bits per heavy atom. The maximum Gasteiger partial charge on any atom is 0.267 e. The molecule has 146 valence electrons. The van der Waals surface area contributed by atoms with Crippen molar-refractivity contribution < 1.29 is 22.7 Å². The van der Waals surface area contributed by atoms with Crippen LogP contribution in [0.25, 0.3) is 0 Å². The number of amides is 2. The van der Waals surface area contributed by atoms with E-state index in [9.17, 15) is 18.0 Å². The average molecular weight is 394 g/mol. The Balaban J connectivity index is 1.67. The number of pyridine rings is 1. The molecule has 1 unspecified atom stereocenters. The zero-order valence-electron chi connectivity index (χ0n) is 15.1. The number of nitrogens with zero attached hydrogens (tertiary/aromatic N) is 3. The fourth-order valence-corrected chi connectivity index (χ4v) is 4.78. The molecule has 0 aromatic carbocycles. The van der Waals surface area contributed by atoms with Crippen molar-refractivity contribution >= 4 is 27.4 Å². The van der Waals surface area contributed by atoms with Crippen LogP contribution in [0.3, 0.4) is 0 Å². The molecule has 1 fully saturated rings. The molecule has 27 heavy (non-hydrogen) atoms. The summed E-state index contributed by atoms with van der Waals surface area (Å²) >= 11 is 0. The smallest absolute Gasteiger partial charge is 0.267 e. The highest BCUT2D eigenvalue weighted by Crippen LogP contribution is 2.22. The van der Waals surface area contributed by atoms with E-state index in [2.05, 4.69) is 15.4 Å². The summed E-state index contributed by atoms with van der Waals surface area (Å²) in [6, 6.07) is 3.07. The summed E-state index contributed by atoms with van der Waals surface area (Å²) in [4.78, 5) is 28.7. The van der Waals surface area contributed by atoms with Crippen molar-refractivity contribution in [2.45, 2.75) is 38.8 Å². The summed E-state index contributed by atoms with van der Waals surface area (Å²) in [6.07, 6.45) is 2.33. The summed E-state index contributed by atoms with van der Waals surface area (Å²) in [6.45, 7) is 2.53. The third-order valence-electron chi connectivity index (χ3n) is 4.45. The van der Waals surface area contributed by atoms with E-state index in [1.165, 1.54) is 5.01 Å². The predicted octanol–water partition coefficient (Wildman–Crippen LogP) is 0.262. The second-order valence-electron chi connectivity index (χ2n) is 6.43. The van der Waals surface area contributed by atoms with Crippen LogP contribution in [0.5, 0.6) is 5.88 Å². The highest BCUT2D eigenvalue weighted by atomic mass is 32.2. The Morgan fingerprint density at radius 1 is 1.41 bits per heavy atom. The fraction of sp³-hybridized carbons (Fsp3) is 0.529. The summed E-state index contributed by atoms with van der Waals surface area (Å²) in [5.41, 5.74) is 0.958. The van der Waals surface area contributed by atoms with Crippen LogP contribution in [0.1, 0.15) is 31.7 Å². The molecule has 3 rings (SSSR count). The van der Waals surface area contributed by atoms with Crippen molar-refractivity contribution in [1.82, 2.24) is 15.3 Å². The lowest BCUT2D eigenvalue weighted by Gasteiger charge is -2.27. The summed E-state index contributed by atoms with van der Waals surface area (Å²) in [7, 11) is -3.15. The van der Waals surface area contributed by atoms with Crippen LogP contribution < -0.4 is 10.1 Å². The van der Waals surface area contributed by atoms with Crippen molar-refractivity contribution in [2.24, 2.45) is 5.10 Å². The van der Waals surface area contributed by atoms with Gasteiger partial charge in [-0.1, -0.05) is 6.07 Å². The van der Waals surface area contributed by atoms with E-state index >= 15 is 0 Å².